The molecule has 1 heterocycles. The van der Waals surface area contributed by atoms with E-state index in [0.29, 0.717) is 21.0 Å². The van der Waals surface area contributed by atoms with Crippen LogP contribution in [0.15, 0.2) is 31.3 Å². The molecule has 1 aliphatic heterocycles. The summed E-state index contributed by atoms with van der Waals surface area (Å²) in [5.41, 5.74) is 0.523. The van der Waals surface area contributed by atoms with E-state index in [1.165, 1.54) is 18.0 Å². The van der Waals surface area contributed by atoms with Gasteiger partial charge in [0.05, 0.1) is 16.4 Å². The van der Waals surface area contributed by atoms with Gasteiger partial charge < -0.3 is 10.4 Å². The number of carbonyl (C=O) groups excluding carboxylic acids is 1. The molecule has 0 aliphatic carbocycles. The normalized spacial score (nSPS) is 17.7. The average molecular weight is 393 g/mol. The van der Waals surface area contributed by atoms with E-state index in [-0.39, 0.29) is 11.7 Å². The van der Waals surface area contributed by atoms with Gasteiger partial charge in [-0.15, -0.1) is 5.10 Å². The van der Waals surface area contributed by atoms with Crippen molar-refractivity contribution in [1.29, 1.82) is 0 Å². The molecule has 1 aromatic carbocycles. The highest BCUT2D eigenvalue weighted by molar-refractivity contribution is 9.11. The van der Waals surface area contributed by atoms with Gasteiger partial charge in [0.1, 0.15) is 5.75 Å². The first-order valence-corrected chi connectivity index (χ1v) is 7.35. The van der Waals surface area contributed by atoms with Crippen LogP contribution >= 0.6 is 43.6 Å². The number of halogens is 2. The number of phenolic OH excluding ortho intramolecular Hbond substituents is 1. The largest absolute Gasteiger partial charge is 0.506 e. The minimum absolute atomic E-state index is 0.0815. The third-order valence-corrected chi connectivity index (χ3v) is 3.92. The fraction of sp³-hybridized carbons (Fsp3) is 0.100. The molecule has 1 saturated heterocycles. The maximum absolute atomic E-state index is 10.9. The zero-order valence-corrected chi connectivity index (χ0v) is 12.8. The van der Waals surface area contributed by atoms with Gasteiger partial charge in [0.2, 0.25) is 5.91 Å². The van der Waals surface area contributed by atoms with Crippen LogP contribution in [0.5, 0.6) is 5.75 Å². The second-order valence-electron chi connectivity index (χ2n) is 3.31. The van der Waals surface area contributed by atoms with Crippen LogP contribution in [0.3, 0.4) is 0 Å². The Morgan fingerprint density at radius 1 is 1.44 bits per heavy atom. The molecule has 1 fully saturated rings. The maximum Gasteiger partial charge on any atom is 0.236 e. The second kappa shape index (κ2) is 5.85. The lowest BCUT2D eigenvalue weighted by Crippen LogP contribution is -2.19. The highest BCUT2D eigenvalue weighted by atomic mass is 79.9. The monoisotopic (exact) mass is 391 g/mol. The Labute approximate surface area is 124 Å². The number of aromatic hydroxyl groups is 1. The Bertz CT molecular complexity index is 560. The fourth-order valence-corrected chi connectivity index (χ4v) is 3.10. The number of carbonyl (C=O) groups is 1. The average Bonchev–Trinajstić information content (AvgIpc) is 2.71. The van der Waals surface area contributed by atoms with Gasteiger partial charge in [-0.05, 0) is 28.1 Å². The van der Waals surface area contributed by atoms with Gasteiger partial charge in [0.25, 0.3) is 0 Å². The van der Waals surface area contributed by atoms with Crippen molar-refractivity contribution >= 4 is 60.9 Å². The number of phenols is 1. The van der Waals surface area contributed by atoms with Crippen molar-refractivity contribution in [1.82, 2.24) is 5.32 Å². The molecule has 0 bridgehead atoms. The van der Waals surface area contributed by atoms with Crippen molar-refractivity contribution in [3.8, 4) is 5.75 Å². The van der Waals surface area contributed by atoms with Crippen molar-refractivity contribution in [3.63, 3.8) is 0 Å². The topological polar surface area (TPSA) is 74.0 Å². The van der Waals surface area contributed by atoms with Crippen LogP contribution in [-0.4, -0.2) is 28.1 Å². The van der Waals surface area contributed by atoms with E-state index in [1.54, 1.807) is 12.1 Å². The molecule has 0 spiro atoms. The molecule has 0 atom stereocenters. The van der Waals surface area contributed by atoms with Crippen molar-refractivity contribution in [2.75, 3.05) is 5.75 Å². The van der Waals surface area contributed by atoms with Crippen LogP contribution < -0.4 is 5.32 Å². The molecule has 0 unspecified atom stereocenters. The smallest absolute Gasteiger partial charge is 0.236 e. The SMILES string of the molecule is O=C1CS/C(=N\N=C\c2cc(Br)cc(Br)c2O)N1. The molecule has 0 aromatic heterocycles. The number of amides is 1. The number of nitrogens with one attached hydrogen (secondary N) is 1. The first-order valence-electron chi connectivity index (χ1n) is 4.78. The van der Waals surface area contributed by atoms with E-state index in [1.807, 2.05) is 0 Å². The number of thioether (sulfide) groups is 1. The molecule has 0 radical (unpaired) electrons. The number of rotatable bonds is 2. The van der Waals surface area contributed by atoms with Crippen molar-refractivity contribution in [2.24, 2.45) is 10.2 Å². The van der Waals surface area contributed by atoms with Gasteiger partial charge in [-0.1, -0.05) is 27.7 Å². The van der Waals surface area contributed by atoms with Crippen molar-refractivity contribution in [2.45, 2.75) is 0 Å². The first-order chi connectivity index (χ1) is 8.56. The van der Waals surface area contributed by atoms with Crippen LogP contribution in [0, 0.1) is 0 Å². The highest BCUT2D eigenvalue weighted by Crippen LogP contribution is 2.30. The van der Waals surface area contributed by atoms with Gasteiger partial charge in [0.15, 0.2) is 5.17 Å². The molecule has 5 nitrogen and oxygen atoms in total. The third-order valence-electron chi connectivity index (χ3n) is 1.99. The van der Waals surface area contributed by atoms with Crippen LogP contribution in [-0.2, 0) is 4.79 Å². The van der Waals surface area contributed by atoms with Crippen molar-refractivity contribution in [3.05, 3.63) is 26.6 Å². The molecular weight excluding hydrogens is 386 g/mol. The highest BCUT2D eigenvalue weighted by Gasteiger charge is 2.16. The van der Waals surface area contributed by atoms with Gasteiger partial charge in [-0.2, -0.15) is 5.10 Å². The van der Waals surface area contributed by atoms with E-state index in [9.17, 15) is 9.90 Å². The van der Waals surface area contributed by atoms with Gasteiger partial charge >= 0.3 is 0 Å². The molecule has 1 aromatic rings. The Hall–Kier alpha value is -0.860. The summed E-state index contributed by atoms with van der Waals surface area (Å²) in [4.78, 5) is 10.9. The lowest BCUT2D eigenvalue weighted by Gasteiger charge is -2.01. The van der Waals surface area contributed by atoms with E-state index in [4.69, 9.17) is 0 Å². The van der Waals surface area contributed by atoms with Crippen LogP contribution in [0.25, 0.3) is 0 Å². The zero-order valence-electron chi connectivity index (χ0n) is 8.85. The van der Waals surface area contributed by atoms with E-state index >= 15 is 0 Å². The summed E-state index contributed by atoms with van der Waals surface area (Å²) in [6.45, 7) is 0. The Kier molecular flexibility index (Phi) is 4.41. The Morgan fingerprint density at radius 2 is 2.22 bits per heavy atom. The summed E-state index contributed by atoms with van der Waals surface area (Å²) in [5.74, 6) is 0.370. The Morgan fingerprint density at radius 3 is 2.89 bits per heavy atom. The molecule has 8 heteroatoms. The molecule has 1 amide bonds. The molecule has 1 aliphatic rings. The molecule has 94 valence electrons. The van der Waals surface area contributed by atoms with E-state index < -0.39 is 0 Å². The molecule has 2 rings (SSSR count). The summed E-state index contributed by atoms with van der Waals surface area (Å²) in [6.07, 6.45) is 1.42. The fourth-order valence-electron chi connectivity index (χ4n) is 1.21. The summed E-state index contributed by atoms with van der Waals surface area (Å²) >= 11 is 7.83. The summed E-state index contributed by atoms with van der Waals surface area (Å²) in [5, 5.41) is 20.5. The second-order valence-corrected chi connectivity index (χ2v) is 6.05. The molecule has 18 heavy (non-hydrogen) atoms. The molecule has 0 saturated carbocycles. The minimum atomic E-state index is -0.0815. The van der Waals surface area contributed by atoms with Gasteiger partial charge in [0, 0.05) is 10.0 Å². The maximum atomic E-state index is 10.9. The predicted octanol–water partition coefficient (Wildman–Crippen LogP) is 2.47. The number of hydrogen-bond acceptors (Lipinski definition) is 5. The van der Waals surface area contributed by atoms with Crippen molar-refractivity contribution < 1.29 is 9.90 Å². The van der Waals surface area contributed by atoms with Crippen LogP contribution in [0.1, 0.15) is 5.56 Å². The molecular formula is C10H7Br2N3O2S. The van der Waals surface area contributed by atoms with Gasteiger partial charge in [-0.3, -0.25) is 4.79 Å². The van der Waals surface area contributed by atoms with E-state index in [0.717, 1.165) is 4.47 Å². The zero-order chi connectivity index (χ0) is 13.1. The number of benzene rings is 1. The van der Waals surface area contributed by atoms with Crippen LogP contribution in [0.4, 0.5) is 0 Å². The predicted molar refractivity (Wildman–Crippen MR) is 79.1 cm³/mol. The number of hydrogen-bond donors (Lipinski definition) is 2. The lowest BCUT2D eigenvalue weighted by molar-refractivity contribution is -0.116. The summed E-state index contributed by atoms with van der Waals surface area (Å²) in [7, 11) is 0. The summed E-state index contributed by atoms with van der Waals surface area (Å²) in [6, 6.07) is 3.44. The van der Waals surface area contributed by atoms with Gasteiger partial charge in [-0.25, -0.2) is 0 Å². The molecule has 2 N–H and O–H groups in total. The van der Waals surface area contributed by atoms with Crippen LogP contribution in [0.2, 0.25) is 0 Å². The quantitative estimate of drug-likeness (QED) is 0.599. The standard InChI is InChI=1S/C10H7Br2N3O2S/c11-6-1-5(9(17)7(12)2-6)3-13-15-10-14-8(16)4-18-10/h1-3,17H,4H2,(H,14,15,16)/b13-3+. The van der Waals surface area contributed by atoms with E-state index in [2.05, 4.69) is 47.4 Å². The third kappa shape index (κ3) is 3.33. The number of nitrogens with zero attached hydrogens (tertiary/aromatic N) is 2. The lowest BCUT2D eigenvalue weighted by atomic mass is 10.2. The first kappa shape index (κ1) is 13.6. The minimum Gasteiger partial charge on any atom is -0.506 e. The number of amidine groups is 1. The summed E-state index contributed by atoms with van der Waals surface area (Å²) < 4.78 is 1.37. The Balaban J connectivity index is 2.17.